The third-order valence-corrected chi connectivity index (χ3v) is 4.58. The number of hydrogen-bond donors (Lipinski definition) is 0. The van der Waals surface area contributed by atoms with Crippen molar-refractivity contribution in [3.63, 3.8) is 0 Å². The molecule has 0 radical (unpaired) electrons. The Hall–Kier alpha value is -2.91. The summed E-state index contributed by atoms with van der Waals surface area (Å²) in [6.45, 7) is 0.455. The molecule has 8 nitrogen and oxygen atoms in total. The highest BCUT2D eigenvalue weighted by atomic mass is 32.1. The average Bonchev–Trinajstić information content (AvgIpc) is 3.24. The number of carbonyl (C=O) groups is 2. The van der Waals surface area contributed by atoms with Crippen LogP contribution in [0.25, 0.3) is 0 Å². The van der Waals surface area contributed by atoms with E-state index in [-0.39, 0.29) is 24.6 Å². The lowest BCUT2D eigenvalue weighted by molar-refractivity contribution is -0.140. The summed E-state index contributed by atoms with van der Waals surface area (Å²) in [5.41, 5.74) is 0.866. The van der Waals surface area contributed by atoms with Crippen LogP contribution in [0.15, 0.2) is 47.1 Å². The topological polar surface area (TPSA) is 87.2 Å². The van der Waals surface area contributed by atoms with Gasteiger partial charge in [0.2, 0.25) is 0 Å². The molecule has 0 saturated heterocycles. The molecule has 1 aromatic carbocycles. The molecule has 9 heteroatoms. The molecular formula is C18H18N2O6S. The number of benzene rings is 1. The Morgan fingerprint density at radius 1 is 1.19 bits per heavy atom. The Bertz CT molecular complexity index is 832. The fourth-order valence-corrected chi connectivity index (χ4v) is 3.07. The van der Waals surface area contributed by atoms with Gasteiger partial charge < -0.3 is 23.8 Å². The molecular weight excluding hydrogens is 372 g/mol. The minimum absolute atomic E-state index is 0.0252. The normalized spacial score (nSPS) is 14.1. The number of ether oxygens (including phenoxy) is 4. The van der Waals surface area contributed by atoms with Crippen molar-refractivity contribution in [3.8, 4) is 5.75 Å². The Kier molecular flexibility index (Phi) is 6.05. The minimum Gasteiger partial charge on any atom is -0.486 e. The van der Waals surface area contributed by atoms with E-state index in [4.69, 9.17) is 18.9 Å². The summed E-state index contributed by atoms with van der Waals surface area (Å²) in [4.78, 5) is 30.0. The molecule has 0 fully saturated rings. The maximum absolute atomic E-state index is 12.3. The van der Waals surface area contributed by atoms with E-state index in [1.807, 2.05) is 5.38 Å². The Morgan fingerprint density at radius 2 is 1.93 bits per heavy atom. The van der Waals surface area contributed by atoms with Crippen molar-refractivity contribution in [2.45, 2.75) is 6.61 Å². The summed E-state index contributed by atoms with van der Waals surface area (Å²) in [6.07, 6.45) is 1.72. The number of anilines is 1. The van der Waals surface area contributed by atoms with Crippen LogP contribution in [0.1, 0.15) is 5.01 Å². The summed E-state index contributed by atoms with van der Waals surface area (Å²) >= 11 is 1.52. The fourth-order valence-electron chi connectivity index (χ4n) is 2.54. The molecule has 0 N–H and O–H groups in total. The van der Waals surface area contributed by atoms with E-state index in [2.05, 4.69) is 4.98 Å². The molecule has 27 heavy (non-hydrogen) atoms. The molecule has 2 heterocycles. The molecule has 0 bridgehead atoms. The smallest absolute Gasteiger partial charge is 0.355 e. The first-order valence-electron chi connectivity index (χ1n) is 8.00. The van der Waals surface area contributed by atoms with Gasteiger partial charge in [0.05, 0.1) is 26.4 Å². The van der Waals surface area contributed by atoms with E-state index in [0.29, 0.717) is 18.0 Å². The third kappa shape index (κ3) is 4.26. The first-order valence-corrected chi connectivity index (χ1v) is 8.88. The highest BCUT2D eigenvalue weighted by molar-refractivity contribution is 7.09. The van der Waals surface area contributed by atoms with Crippen molar-refractivity contribution in [1.29, 1.82) is 0 Å². The van der Waals surface area contributed by atoms with Crippen LogP contribution in [0.3, 0.4) is 0 Å². The summed E-state index contributed by atoms with van der Waals surface area (Å²) in [6, 6.07) is 7.07. The van der Waals surface area contributed by atoms with E-state index in [1.165, 1.54) is 25.6 Å². The second kappa shape index (κ2) is 8.65. The van der Waals surface area contributed by atoms with Crippen molar-refractivity contribution in [1.82, 2.24) is 4.98 Å². The largest absolute Gasteiger partial charge is 0.486 e. The number of nitrogens with zero attached hydrogens (tertiary/aromatic N) is 2. The van der Waals surface area contributed by atoms with Gasteiger partial charge >= 0.3 is 11.9 Å². The molecule has 0 unspecified atom stereocenters. The first-order chi connectivity index (χ1) is 13.1. The maximum Gasteiger partial charge on any atom is 0.355 e. The minimum atomic E-state index is -0.636. The Morgan fingerprint density at radius 3 is 2.56 bits per heavy atom. The summed E-state index contributed by atoms with van der Waals surface area (Å²) in [7, 11) is 2.51. The van der Waals surface area contributed by atoms with Crippen LogP contribution < -0.4 is 9.64 Å². The molecule has 0 spiro atoms. The Labute approximate surface area is 159 Å². The van der Waals surface area contributed by atoms with Crippen LogP contribution in [0, 0.1) is 0 Å². The molecule has 0 saturated carbocycles. The SMILES string of the molecule is COC(=O)C1=C(C(=O)OC)N(c2ccc(OCc3nccs3)cc2)COC1. The molecule has 1 aliphatic rings. The predicted molar refractivity (Wildman–Crippen MR) is 97.2 cm³/mol. The molecule has 0 amide bonds. The number of carbonyl (C=O) groups excluding carboxylic acids is 2. The molecule has 2 aromatic rings. The second-order valence-corrected chi connectivity index (χ2v) is 6.40. The highest BCUT2D eigenvalue weighted by Crippen LogP contribution is 2.28. The zero-order valence-corrected chi connectivity index (χ0v) is 15.7. The molecule has 3 rings (SSSR count). The fraction of sp³-hybridized carbons (Fsp3) is 0.278. The number of hydrogen-bond acceptors (Lipinski definition) is 9. The van der Waals surface area contributed by atoms with Gasteiger partial charge in [0.1, 0.15) is 29.8 Å². The van der Waals surface area contributed by atoms with Gasteiger partial charge in [0.15, 0.2) is 0 Å². The first kappa shape index (κ1) is 18.9. The van der Waals surface area contributed by atoms with Gasteiger partial charge in [-0.3, -0.25) is 0 Å². The van der Waals surface area contributed by atoms with Crippen molar-refractivity contribution in [2.24, 2.45) is 0 Å². The molecule has 1 aliphatic heterocycles. The zero-order chi connectivity index (χ0) is 19.2. The second-order valence-electron chi connectivity index (χ2n) is 5.42. The van der Waals surface area contributed by atoms with Crippen LogP contribution in [-0.2, 0) is 30.4 Å². The van der Waals surface area contributed by atoms with Gasteiger partial charge in [-0.2, -0.15) is 0 Å². The quantitative estimate of drug-likeness (QED) is 0.693. The van der Waals surface area contributed by atoms with E-state index < -0.39 is 11.9 Å². The van der Waals surface area contributed by atoms with Crippen molar-refractivity contribution < 1.29 is 28.5 Å². The summed E-state index contributed by atoms with van der Waals surface area (Å²) in [5, 5.41) is 2.76. The van der Waals surface area contributed by atoms with Gasteiger partial charge in [-0.15, -0.1) is 11.3 Å². The van der Waals surface area contributed by atoms with Gasteiger partial charge in [0.25, 0.3) is 0 Å². The molecule has 0 atom stereocenters. The van der Waals surface area contributed by atoms with Crippen LogP contribution in [0.2, 0.25) is 0 Å². The van der Waals surface area contributed by atoms with E-state index in [0.717, 1.165) is 5.01 Å². The van der Waals surface area contributed by atoms with Crippen LogP contribution in [0.4, 0.5) is 5.69 Å². The van der Waals surface area contributed by atoms with Crippen LogP contribution >= 0.6 is 11.3 Å². The van der Waals surface area contributed by atoms with Gasteiger partial charge in [-0.05, 0) is 24.3 Å². The monoisotopic (exact) mass is 390 g/mol. The van der Waals surface area contributed by atoms with E-state index in [9.17, 15) is 9.59 Å². The summed E-state index contributed by atoms with van der Waals surface area (Å²) in [5.74, 6) is -0.616. The van der Waals surface area contributed by atoms with Crippen LogP contribution in [-0.4, -0.2) is 44.5 Å². The maximum atomic E-state index is 12.3. The Balaban J connectivity index is 1.82. The number of rotatable bonds is 6. The van der Waals surface area contributed by atoms with Crippen molar-refractivity contribution >= 4 is 29.0 Å². The number of esters is 2. The lowest BCUT2D eigenvalue weighted by atomic mass is 10.1. The number of methoxy groups -OCH3 is 2. The highest BCUT2D eigenvalue weighted by Gasteiger charge is 2.32. The van der Waals surface area contributed by atoms with Crippen LogP contribution in [0.5, 0.6) is 5.75 Å². The standard InChI is InChI=1S/C18H18N2O6S/c1-23-17(21)14-9-25-11-20(16(14)18(22)24-2)12-3-5-13(6-4-12)26-10-15-19-7-8-27-15/h3-8H,9-11H2,1-2H3. The molecule has 142 valence electrons. The van der Waals surface area contributed by atoms with Crippen molar-refractivity contribution in [2.75, 3.05) is 32.5 Å². The zero-order valence-electron chi connectivity index (χ0n) is 14.8. The average molecular weight is 390 g/mol. The summed E-state index contributed by atoms with van der Waals surface area (Å²) < 4.78 is 20.7. The molecule has 1 aromatic heterocycles. The number of aromatic nitrogens is 1. The third-order valence-electron chi connectivity index (χ3n) is 3.83. The van der Waals surface area contributed by atoms with E-state index >= 15 is 0 Å². The molecule has 0 aliphatic carbocycles. The van der Waals surface area contributed by atoms with Gasteiger partial charge in [-0.25, -0.2) is 14.6 Å². The van der Waals surface area contributed by atoms with Gasteiger partial charge in [-0.1, -0.05) is 0 Å². The van der Waals surface area contributed by atoms with Gasteiger partial charge in [0, 0.05) is 17.3 Å². The predicted octanol–water partition coefficient (Wildman–Crippen LogP) is 2.12. The van der Waals surface area contributed by atoms with Crippen molar-refractivity contribution in [3.05, 3.63) is 52.1 Å². The van der Waals surface area contributed by atoms with E-state index in [1.54, 1.807) is 35.4 Å². The lowest BCUT2D eigenvalue weighted by Crippen LogP contribution is -2.38. The number of thiazole rings is 1. The lowest BCUT2D eigenvalue weighted by Gasteiger charge is -2.31.